The second kappa shape index (κ2) is 7.93. The lowest BCUT2D eigenvalue weighted by Crippen LogP contribution is -2.20. The smallest absolute Gasteiger partial charge is 0.332 e. The molecule has 9 heteroatoms. The highest BCUT2D eigenvalue weighted by Crippen LogP contribution is 2.26. The van der Waals surface area contributed by atoms with Crippen LogP contribution in [-0.4, -0.2) is 60.2 Å². The van der Waals surface area contributed by atoms with Crippen molar-refractivity contribution in [3.8, 4) is 0 Å². The Balaban J connectivity index is 2.53. The number of likely N-dealkylation sites (N-methyl/N-ethyl adjacent to an activating group) is 1. The summed E-state index contributed by atoms with van der Waals surface area (Å²) in [7, 11) is 3.91. The molecule has 0 spiro atoms. The summed E-state index contributed by atoms with van der Waals surface area (Å²) >= 11 is 5.70. The molecular formula is C11H18ClN5O3. The fourth-order valence-corrected chi connectivity index (χ4v) is 1.68. The van der Waals surface area contributed by atoms with Gasteiger partial charge in [-0.3, -0.25) is 10.1 Å². The summed E-state index contributed by atoms with van der Waals surface area (Å²) in [5.41, 5.74) is 0.0636. The van der Waals surface area contributed by atoms with Gasteiger partial charge in [-0.2, -0.15) is 4.98 Å². The Morgan fingerprint density at radius 1 is 1.40 bits per heavy atom. The van der Waals surface area contributed by atoms with Crippen molar-refractivity contribution < 1.29 is 9.66 Å². The molecule has 0 aliphatic rings. The number of rotatable bonds is 8. The first kappa shape index (κ1) is 16.5. The number of aryl methyl sites for hydroxylation is 1. The lowest BCUT2D eigenvalue weighted by Gasteiger charge is -2.11. The van der Waals surface area contributed by atoms with E-state index in [0.717, 1.165) is 6.54 Å². The Morgan fingerprint density at radius 2 is 2.10 bits per heavy atom. The number of hydrogen-bond acceptors (Lipinski definition) is 7. The highest BCUT2D eigenvalue weighted by molar-refractivity contribution is 6.28. The predicted molar refractivity (Wildman–Crippen MR) is 76.3 cm³/mol. The van der Waals surface area contributed by atoms with Crippen molar-refractivity contribution in [2.24, 2.45) is 0 Å². The zero-order valence-corrected chi connectivity index (χ0v) is 12.5. The number of halogens is 1. The first-order chi connectivity index (χ1) is 9.41. The van der Waals surface area contributed by atoms with Gasteiger partial charge in [0.1, 0.15) is 5.69 Å². The minimum Gasteiger partial charge on any atom is -0.378 e. The summed E-state index contributed by atoms with van der Waals surface area (Å²) in [5.74, 6) is 0.115. The topological polar surface area (TPSA) is 93.4 Å². The van der Waals surface area contributed by atoms with Gasteiger partial charge >= 0.3 is 5.69 Å². The lowest BCUT2D eigenvalue weighted by molar-refractivity contribution is -0.385. The van der Waals surface area contributed by atoms with Crippen LogP contribution in [0.5, 0.6) is 0 Å². The second-order valence-corrected chi connectivity index (χ2v) is 4.71. The Labute approximate surface area is 122 Å². The van der Waals surface area contributed by atoms with Gasteiger partial charge in [-0.15, -0.1) is 0 Å². The van der Waals surface area contributed by atoms with Crippen molar-refractivity contribution in [3.63, 3.8) is 0 Å². The first-order valence-corrected chi connectivity index (χ1v) is 6.44. The van der Waals surface area contributed by atoms with Crippen LogP contribution in [0.15, 0.2) is 0 Å². The van der Waals surface area contributed by atoms with Crippen LogP contribution in [0.4, 0.5) is 11.5 Å². The van der Waals surface area contributed by atoms with E-state index in [4.69, 9.17) is 16.3 Å². The first-order valence-electron chi connectivity index (χ1n) is 6.06. The second-order valence-electron chi connectivity index (χ2n) is 4.37. The van der Waals surface area contributed by atoms with Gasteiger partial charge < -0.3 is 15.0 Å². The number of nitro groups is 1. The van der Waals surface area contributed by atoms with E-state index in [1.807, 2.05) is 19.0 Å². The average Bonchev–Trinajstić information content (AvgIpc) is 2.31. The van der Waals surface area contributed by atoms with E-state index in [2.05, 4.69) is 15.3 Å². The maximum absolute atomic E-state index is 11.0. The molecule has 0 aromatic carbocycles. The van der Waals surface area contributed by atoms with Crippen LogP contribution in [0.1, 0.15) is 5.69 Å². The van der Waals surface area contributed by atoms with Crippen LogP contribution in [0.3, 0.4) is 0 Å². The molecule has 1 N–H and O–H groups in total. The van der Waals surface area contributed by atoms with Gasteiger partial charge in [0.25, 0.3) is 0 Å². The van der Waals surface area contributed by atoms with Crippen LogP contribution in [0.25, 0.3) is 0 Å². The third-order valence-electron chi connectivity index (χ3n) is 2.44. The molecule has 0 saturated carbocycles. The highest BCUT2D eigenvalue weighted by Gasteiger charge is 2.21. The van der Waals surface area contributed by atoms with Gasteiger partial charge in [0.05, 0.1) is 18.1 Å². The number of aromatic nitrogens is 2. The monoisotopic (exact) mass is 303 g/mol. The Kier molecular flexibility index (Phi) is 6.56. The van der Waals surface area contributed by atoms with Crippen LogP contribution in [0.2, 0.25) is 5.28 Å². The number of nitrogens with one attached hydrogen (secondary N) is 1. The summed E-state index contributed by atoms with van der Waals surface area (Å²) in [6.07, 6.45) is 0. The van der Waals surface area contributed by atoms with Crippen LogP contribution >= 0.6 is 11.6 Å². The third-order valence-corrected chi connectivity index (χ3v) is 2.60. The number of nitrogens with zero attached hydrogens (tertiary/aromatic N) is 4. The van der Waals surface area contributed by atoms with E-state index < -0.39 is 4.92 Å². The maximum Gasteiger partial charge on any atom is 0.332 e. The quantitative estimate of drug-likeness (QED) is 0.335. The molecule has 0 saturated heterocycles. The molecule has 0 aliphatic carbocycles. The molecule has 0 aliphatic heterocycles. The summed E-state index contributed by atoms with van der Waals surface area (Å²) < 4.78 is 5.38. The van der Waals surface area contributed by atoms with Gasteiger partial charge in [-0.25, -0.2) is 4.98 Å². The fraction of sp³-hybridized carbons (Fsp3) is 0.636. The van der Waals surface area contributed by atoms with E-state index in [-0.39, 0.29) is 22.5 Å². The fourth-order valence-electron chi connectivity index (χ4n) is 1.47. The average molecular weight is 304 g/mol. The van der Waals surface area contributed by atoms with Crippen molar-refractivity contribution in [1.29, 1.82) is 0 Å². The zero-order valence-electron chi connectivity index (χ0n) is 11.7. The summed E-state index contributed by atoms with van der Waals surface area (Å²) in [5, 5.41) is 13.8. The zero-order chi connectivity index (χ0) is 15.1. The molecule has 1 rings (SSSR count). The lowest BCUT2D eigenvalue weighted by atomic mass is 10.3. The molecule has 20 heavy (non-hydrogen) atoms. The van der Waals surface area contributed by atoms with Gasteiger partial charge in [0, 0.05) is 13.1 Å². The molecule has 0 bridgehead atoms. The van der Waals surface area contributed by atoms with E-state index in [1.54, 1.807) is 0 Å². The maximum atomic E-state index is 11.0. The Morgan fingerprint density at radius 3 is 2.70 bits per heavy atom. The van der Waals surface area contributed by atoms with E-state index in [0.29, 0.717) is 19.8 Å². The Bertz CT molecular complexity index is 470. The molecular weight excluding hydrogens is 286 g/mol. The van der Waals surface area contributed by atoms with Crippen molar-refractivity contribution >= 4 is 23.1 Å². The molecule has 1 heterocycles. The molecule has 0 radical (unpaired) electrons. The molecule has 8 nitrogen and oxygen atoms in total. The SMILES string of the molecule is Cc1nc(Cl)nc(NCCOCCN(C)C)c1[N+](=O)[O-]. The summed E-state index contributed by atoms with van der Waals surface area (Å²) in [6, 6.07) is 0. The molecule has 0 unspecified atom stereocenters. The van der Waals surface area contributed by atoms with Gasteiger partial charge in [-0.05, 0) is 32.6 Å². The number of hydrogen-bond donors (Lipinski definition) is 1. The van der Waals surface area contributed by atoms with Crippen molar-refractivity contribution in [3.05, 3.63) is 21.1 Å². The minimum absolute atomic E-state index is 0.0240. The van der Waals surface area contributed by atoms with E-state index >= 15 is 0 Å². The standard InChI is InChI=1S/C11H18ClN5O3/c1-8-9(17(18)19)10(15-11(12)14-8)13-4-6-20-7-5-16(2)3/h4-7H2,1-3H3,(H,13,14,15). The van der Waals surface area contributed by atoms with Gasteiger partial charge in [0.15, 0.2) is 0 Å². The van der Waals surface area contributed by atoms with Crippen LogP contribution < -0.4 is 5.32 Å². The molecule has 0 amide bonds. The molecule has 0 atom stereocenters. The summed E-state index contributed by atoms with van der Waals surface area (Å²) in [4.78, 5) is 20.1. The molecule has 0 fully saturated rings. The Hall–Kier alpha value is -1.51. The van der Waals surface area contributed by atoms with Gasteiger partial charge in [0.2, 0.25) is 11.1 Å². The van der Waals surface area contributed by atoms with E-state index in [1.165, 1.54) is 6.92 Å². The molecule has 1 aromatic rings. The van der Waals surface area contributed by atoms with Gasteiger partial charge in [-0.1, -0.05) is 0 Å². The highest BCUT2D eigenvalue weighted by atomic mass is 35.5. The third kappa shape index (κ3) is 5.24. The molecule has 1 aromatic heterocycles. The molecule has 112 valence electrons. The number of anilines is 1. The summed E-state index contributed by atoms with van der Waals surface area (Å²) in [6.45, 7) is 3.76. The van der Waals surface area contributed by atoms with Crippen molar-refractivity contribution in [1.82, 2.24) is 14.9 Å². The van der Waals surface area contributed by atoms with Crippen LogP contribution in [0, 0.1) is 17.0 Å². The predicted octanol–water partition coefficient (Wildman–Crippen LogP) is 1.34. The van der Waals surface area contributed by atoms with Crippen LogP contribution in [-0.2, 0) is 4.74 Å². The van der Waals surface area contributed by atoms with Crippen molar-refractivity contribution in [2.45, 2.75) is 6.92 Å². The largest absolute Gasteiger partial charge is 0.378 e. The minimum atomic E-state index is -0.527. The number of ether oxygens (including phenoxy) is 1. The van der Waals surface area contributed by atoms with Crippen molar-refractivity contribution in [2.75, 3.05) is 45.7 Å². The van der Waals surface area contributed by atoms with E-state index in [9.17, 15) is 10.1 Å². The normalized spacial score (nSPS) is 10.8.